The van der Waals surface area contributed by atoms with Gasteiger partial charge < -0.3 is 5.11 Å². The highest BCUT2D eigenvalue weighted by Gasteiger charge is 2.17. The van der Waals surface area contributed by atoms with Crippen molar-refractivity contribution in [2.24, 2.45) is 0 Å². The Bertz CT molecular complexity index is 555. The number of hydrogen-bond donors (Lipinski definition) is 1. The Morgan fingerprint density at radius 3 is 2.65 bits per heavy atom. The highest BCUT2D eigenvalue weighted by Crippen LogP contribution is 2.36. The van der Waals surface area contributed by atoms with E-state index in [1.807, 2.05) is 13.0 Å². The van der Waals surface area contributed by atoms with Crippen molar-refractivity contribution in [1.82, 2.24) is 0 Å². The van der Waals surface area contributed by atoms with Crippen molar-refractivity contribution in [3.63, 3.8) is 0 Å². The Morgan fingerprint density at radius 2 is 2.12 bits per heavy atom. The lowest BCUT2D eigenvalue weighted by Gasteiger charge is -2.10. The normalized spacial score (nSPS) is 12.8. The third-order valence-corrected chi connectivity index (χ3v) is 4.67. The molecule has 0 aliphatic rings. The molecule has 0 saturated carbocycles. The van der Waals surface area contributed by atoms with Gasteiger partial charge in [-0.05, 0) is 46.6 Å². The van der Waals surface area contributed by atoms with Crippen molar-refractivity contribution in [2.75, 3.05) is 0 Å². The number of aryl methyl sites for hydroxylation is 1. The maximum atomic E-state index is 13.3. The summed E-state index contributed by atoms with van der Waals surface area (Å²) in [6.07, 6.45) is -0.838. The summed E-state index contributed by atoms with van der Waals surface area (Å²) in [6.45, 7) is 1.95. The second kappa shape index (κ2) is 5.06. The van der Waals surface area contributed by atoms with Crippen LogP contribution in [0, 0.1) is 12.7 Å². The van der Waals surface area contributed by atoms with Crippen LogP contribution in [0.5, 0.6) is 0 Å². The van der Waals surface area contributed by atoms with Crippen LogP contribution in [-0.2, 0) is 0 Å². The van der Waals surface area contributed by atoms with Crippen LogP contribution in [0.4, 0.5) is 4.39 Å². The van der Waals surface area contributed by atoms with E-state index in [0.29, 0.717) is 5.56 Å². The smallest absolute Gasteiger partial charge is 0.142 e. The van der Waals surface area contributed by atoms with Crippen molar-refractivity contribution < 1.29 is 9.50 Å². The van der Waals surface area contributed by atoms with Gasteiger partial charge in [-0.15, -0.1) is 11.3 Å². The molecule has 0 saturated heterocycles. The van der Waals surface area contributed by atoms with Crippen LogP contribution in [0.15, 0.2) is 28.7 Å². The van der Waals surface area contributed by atoms with E-state index in [1.54, 1.807) is 6.07 Å². The predicted octanol–water partition coefficient (Wildman–Crippen LogP) is 4.69. The molecule has 0 spiro atoms. The van der Waals surface area contributed by atoms with E-state index in [9.17, 15) is 9.50 Å². The van der Waals surface area contributed by atoms with E-state index >= 15 is 0 Å². The third kappa shape index (κ3) is 2.71. The summed E-state index contributed by atoms with van der Waals surface area (Å²) in [5.74, 6) is -0.521. The molecule has 0 bridgehead atoms. The van der Waals surface area contributed by atoms with Crippen LogP contribution in [0.1, 0.15) is 21.4 Å². The summed E-state index contributed by atoms with van der Waals surface area (Å²) in [4.78, 5) is 1.85. The number of aliphatic hydroxyl groups is 1. The Morgan fingerprint density at radius 1 is 1.41 bits per heavy atom. The average molecular weight is 336 g/mol. The molecule has 1 nitrogen and oxygen atoms in total. The monoisotopic (exact) mass is 334 g/mol. The van der Waals surface area contributed by atoms with Crippen LogP contribution in [-0.4, -0.2) is 5.11 Å². The van der Waals surface area contributed by atoms with E-state index < -0.39 is 11.9 Å². The molecule has 0 aliphatic carbocycles. The lowest BCUT2D eigenvalue weighted by molar-refractivity contribution is 0.223. The van der Waals surface area contributed by atoms with Gasteiger partial charge in [0.1, 0.15) is 11.9 Å². The van der Waals surface area contributed by atoms with E-state index in [1.165, 1.54) is 23.5 Å². The molecule has 1 aromatic heterocycles. The Hall–Kier alpha value is -0.420. The zero-order valence-corrected chi connectivity index (χ0v) is 12.0. The fourth-order valence-corrected chi connectivity index (χ4v) is 3.52. The first-order valence-electron chi connectivity index (χ1n) is 4.88. The third-order valence-electron chi connectivity index (χ3n) is 2.34. The number of hydrogen-bond acceptors (Lipinski definition) is 2. The maximum Gasteiger partial charge on any atom is 0.142 e. The van der Waals surface area contributed by atoms with Crippen molar-refractivity contribution >= 4 is 38.9 Å². The number of halogens is 3. The molecule has 1 aromatic carbocycles. The Labute approximate surface area is 116 Å². The molecule has 90 valence electrons. The quantitative estimate of drug-likeness (QED) is 0.844. The molecule has 1 unspecified atom stereocenters. The fraction of sp³-hybridized carbons (Fsp3) is 0.167. The highest BCUT2D eigenvalue weighted by molar-refractivity contribution is 9.10. The fourth-order valence-electron chi connectivity index (χ4n) is 1.52. The van der Waals surface area contributed by atoms with Gasteiger partial charge in [0.25, 0.3) is 0 Å². The topological polar surface area (TPSA) is 20.2 Å². The SMILES string of the molecule is Cc1cc(Br)c(C(O)c2ccc(Cl)c(F)c2)s1. The molecule has 2 rings (SSSR count). The molecule has 1 heterocycles. The minimum Gasteiger partial charge on any atom is -0.383 e. The van der Waals surface area contributed by atoms with Gasteiger partial charge in [-0.1, -0.05) is 17.7 Å². The standard InChI is InChI=1S/C12H9BrClFOS/c1-6-4-8(13)12(17-6)11(16)7-2-3-9(14)10(15)5-7/h2-5,11,16H,1H3. The van der Waals surface area contributed by atoms with Crippen LogP contribution in [0.3, 0.4) is 0 Å². The number of aliphatic hydroxyl groups excluding tert-OH is 1. The molecular weight excluding hydrogens is 327 g/mol. The molecule has 5 heteroatoms. The summed E-state index contributed by atoms with van der Waals surface area (Å²) in [6, 6.07) is 6.26. The van der Waals surface area contributed by atoms with Gasteiger partial charge >= 0.3 is 0 Å². The van der Waals surface area contributed by atoms with Crippen LogP contribution < -0.4 is 0 Å². The zero-order chi connectivity index (χ0) is 12.6. The van der Waals surface area contributed by atoms with E-state index in [4.69, 9.17) is 11.6 Å². The highest BCUT2D eigenvalue weighted by atomic mass is 79.9. The Kier molecular flexibility index (Phi) is 3.88. The van der Waals surface area contributed by atoms with E-state index in [0.717, 1.165) is 14.2 Å². The largest absolute Gasteiger partial charge is 0.383 e. The van der Waals surface area contributed by atoms with Crippen molar-refractivity contribution in [3.05, 3.63) is 54.9 Å². The first kappa shape index (κ1) is 13.0. The maximum absolute atomic E-state index is 13.3. The molecule has 0 fully saturated rings. The molecule has 0 amide bonds. The minimum atomic E-state index is -0.838. The van der Waals surface area contributed by atoms with Gasteiger partial charge in [-0.2, -0.15) is 0 Å². The minimum absolute atomic E-state index is 0.0578. The zero-order valence-electron chi connectivity index (χ0n) is 8.88. The molecule has 2 aromatic rings. The van der Waals surface area contributed by atoms with Crippen molar-refractivity contribution in [3.8, 4) is 0 Å². The van der Waals surface area contributed by atoms with Gasteiger partial charge in [0.05, 0.1) is 9.90 Å². The van der Waals surface area contributed by atoms with Crippen LogP contribution >= 0.6 is 38.9 Å². The van der Waals surface area contributed by atoms with E-state index in [2.05, 4.69) is 15.9 Å². The number of benzene rings is 1. The van der Waals surface area contributed by atoms with Gasteiger partial charge in [-0.25, -0.2) is 4.39 Å². The van der Waals surface area contributed by atoms with Crippen LogP contribution in [0.25, 0.3) is 0 Å². The summed E-state index contributed by atoms with van der Waals surface area (Å²) in [5, 5.41) is 10.2. The lowest BCUT2D eigenvalue weighted by Crippen LogP contribution is -1.98. The first-order valence-corrected chi connectivity index (χ1v) is 6.86. The molecule has 0 aliphatic heterocycles. The molecular formula is C12H9BrClFOS. The van der Waals surface area contributed by atoms with Gasteiger partial charge in [0, 0.05) is 9.35 Å². The van der Waals surface area contributed by atoms with Crippen molar-refractivity contribution in [1.29, 1.82) is 0 Å². The number of rotatable bonds is 2. The lowest BCUT2D eigenvalue weighted by atomic mass is 10.1. The van der Waals surface area contributed by atoms with Gasteiger partial charge in [0.15, 0.2) is 0 Å². The van der Waals surface area contributed by atoms with Crippen molar-refractivity contribution in [2.45, 2.75) is 13.0 Å². The number of thiophene rings is 1. The summed E-state index contributed by atoms with van der Waals surface area (Å²) in [5.41, 5.74) is 0.495. The predicted molar refractivity (Wildman–Crippen MR) is 72.2 cm³/mol. The molecule has 17 heavy (non-hydrogen) atoms. The van der Waals surface area contributed by atoms with E-state index in [-0.39, 0.29) is 5.02 Å². The Balaban J connectivity index is 2.40. The van der Waals surface area contributed by atoms with Gasteiger partial charge in [0.2, 0.25) is 0 Å². The average Bonchev–Trinajstić information content (AvgIpc) is 2.61. The molecule has 1 N–H and O–H groups in total. The first-order chi connectivity index (χ1) is 7.99. The van der Waals surface area contributed by atoms with Gasteiger partial charge in [-0.3, -0.25) is 0 Å². The second-order valence-corrected chi connectivity index (χ2v) is 6.19. The molecule has 0 radical (unpaired) electrons. The summed E-state index contributed by atoms with van der Waals surface area (Å²) < 4.78 is 14.1. The molecule has 1 atom stereocenters. The second-order valence-electron chi connectivity index (χ2n) is 3.65. The van der Waals surface area contributed by atoms with Crippen LogP contribution in [0.2, 0.25) is 5.02 Å². The summed E-state index contributed by atoms with van der Waals surface area (Å²) in [7, 11) is 0. The summed E-state index contributed by atoms with van der Waals surface area (Å²) >= 11 is 10.5.